The molecule has 13 heavy (non-hydrogen) atoms. The maximum atomic E-state index is 11.0. The van der Waals surface area contributed by atoms with E-state index in [2.05, 4.69) is 10.4 Å². The smallest absolute Gasteiger partial charge is 0.325 e. The fourth-order valence-corrected chi connectivity index (χ4v) is 0.837. The molecule has 1 aromatic rings. The van der Waals surface area contributed by atoms with E-state index < -0.39 is 5.97 Å². The van der Waals surface area contributed by atoms with Crippen molar-refractivity contribution in [2.45, 2.75) is 6.54 Å². The normalized spacial score (nSPS) is 9.62. The Kier molecular flexibility index (Phi) is 2.63. The molecule has 0 aliphatic rings. The molecule has 1 aromatic heterocycles. The van der Waals surface area contributed by atoms with E-state index in [-0.39, 0.29) is 18.1 Å². The summed E-state index contributed by atoms with van der Waals surface area (Å²) >= 11 is 0. The summed E-state index contributed by atoms with van der Waals surface area (Å²) in [6.07, 6.45) is 1.44. The quantitative estimate of drug-likeness (QED) is 0.650. The van der Waals surface area contributed by atoms with Crippen LogP contribution in [-0.2, 0) is 11.3 Å². The Hall–Kier alpha value is -1.85. The Bertz CT molecular complexity index is 331. The Morgan fingerprint density at radius 1 is 1.69 bits per heavy atom. The van der Waals surface area contributed by atoms with Crippen LogP contribution in [0.25, 0.3) is 0 Å². The van der Waals surface area contributed by atoms with Crippen LogP contribution in [0.15, 0.2) is 12.3 Å². The van der Waals surface area contributed by atoms with Gasteiger partial charge in [0.2, 0.25) is 0 Å². The summed E-state index contributed by atoms with van der Waals surface area (Å²) in [5, 5.41) is 14.5. The largest absolute Gasteiger partial charge is 0.480 e. The molecule has 0 bridgehead atoms. The minimum absolute atomic E-state index is 0.212. The zero-order valence-corrected chi connectivity index (χ0v) is 7.02. The van der Waals surface area contributed by atoms with E-state index in [9.17, 15) is 9.59 Å². The highest BCUT2D eigenvalue weighted by molar-refractivity contribution is 5.91. The molecular formula is C7H9N3O3. The van der Waals surface area contributed by atoms with Crippen LogP contribution in [-0.4, -0.2) is 33.8 Å². The SMILES string of the molecule is CNC(=O)c1ccn(CC(=O)O)n1. The Morgan fingerprint density at radius 2 is 2.38 bits per heavy atom. The predicted octanol–water partition coefficient (Wildman–Crippen LogP) is -0.673. The highest BCUT2D eigenvalue weighted by atomic mass is 16.4. The van der Waals surface area contributed by atoms with Gasteiger partial charge in [-0.1, -0.05) is 0 Å². The number of hydrogen-bond acceptors (Lipinski definition) is 3. The lowest BCUT2D eigenvalue weighted by Crippen LogP contribution is -2.19. The fourth-order valence-electron chi connectivity index (χ4n) is 0.837. The summed E-state index contributed by atoms with van der Waals surface area (Å²) in [7, 11) is 1.48. The van der Waals surface area contributed by atoms with Crippen molar-refractivity contribution in [3.8, 4) is 0 Å². The summed E-state index contributed by atoms with van der Waals surface area (Å²) in [5.41, 5.74) is 0.212. The van der Waals surface area contributed by atoms with Crippen molar-refractivity contribution in [2.75, 3.05) is 7.05 Å². The third-order valence-electron chi connectivity index (χ3n) is 1.40. The molecule has 6 nitrogen and oxygen atoms in total. The van der Waals surface area contributed by atoms with Crippen LogP contribution < -0.4 is 5.32 Å². The van der Waals surface area contributed by atoms with Gasteiger partial charge in [-0.15, -0.1) is 0 Å². The monoisotopic (exact) mass is 183 g/mol. The van der Waals surface area contributed by atoms with E-state index in [4.69, 9.17) is 5.11 Å². The molecule has 1 heterocycles. The summed E-state index contributed by atoms with van der Waals surface area (Å²) in [5.74, 6) is -1.32. The van der Waals surface area contributed by atoms with Crippen LogP contribution in [0.5, 0.6) is 0 Å². The molecule has 0 saturated heterocycles. The van der Waals surface area contributed by atoms with E-state index in [0.717, 1.165) is 0 Å². The van der Waals surface area contributed by atoms with Crippen molar-refractivity contribution in [1.82, 2.24) is 15.1 Å². The number of carboxylic acids is 1. The first-order valence-corrected chi connectivity index (χ1v) is 3.61. The van der Waals surface area contributed by atoms with Crippen molar-refractivity contribution in [2.24, 2.45) is 0 Å². The first kappa shape index (κ1) is 9.24. The number of nitrogens with zero attached hydrogens (tertiary/aromatic N) is 2. The zero-order valence-electron chi connectivity index (χ0n) is 7.02. The summed E-state index contributed by atoms with van der Waals surface area (Å²) < 4.78 is 1.19. The molecule has 0 atom stereocenters. The van der Waals surface area contributed by atoms with E-state index in [1.54, 1.807) is 0 Å². The molecule has 1 rings (SSSR count). The molecule has 0 spiro atoms. The highest BCUT2D eigenvalue weighted by Gasteiger charge is 2.07. The second kappa shape index (κ2) is 3.70. The van der Waals surface area contributed by atoms with E-state index in [1.165, 1.54) is 24.0 Å². The topological polar surface area (TPSA) is 84.2 Å². The second-order valence-electron chi connectivity index (χ2n) is 2.37. The number of rotatable bonds is 3. The van der Waals surface area contributed by atoms with Crippen molar-refractivity contribution >= 4 is 11.9 Å². The van der Waals surface area contributed by atoms with Crippen LogP contribution in [0.1, 0.15) is 10.5 Å². The minimum atomic E-state index is -0.994. The van der Waals surface area contributed by atoms with E-state index in [0.29, 0.717) is 0 Å². The van der Waals surface area contributed by atoms with Gasteiger partial charge < -0.3 is 10.4 Å². The van der Waals surface area contributed by atoms with Crippen LogP contribution in [0.2, 0.25) is 0 Å². The van der Waals surface area contributed by atoms with Gasteiger partial charge in [0.15, 0.2) is 0 Å². The molecule has 2 N–H and O–H groups in total. The second-order valence-corrected chi connectivity index (χ2v) is 2.37. The molecular weight excluding hydrogens is 174 g/mol. The van der Waals surface area contributed by atoms with E-state index in [1.807, 2.05) is 0 Å². The number of carbonyl (C=O) groups is 2. The maximum Gasteiger partial charge on any atom is 0.325 e. The van der Waals surface area contributed by atoms with Crippen molar-refractivity contribution in [3.63, 3.8) is 0 Å². The molecule has 70 valence electrons. The van der Waals surface area contributed by atoms with Gasteiger partial charge in [0.1, 0.15) is 12.2 Å². The van der Waals surface area contributed by atoms with Gasteiger partial charge in [0.25, 0.3) is 5.91 Å². The molecule has 0 aromatic carbocycles. The van der Waals surface area contributed by atoms with Gasteiger partial charge >= 0.3 is 5.97 Å². The Morgan fingerprint density at radius 3 is 2.92 bits per heavy atom. The molecule has 0 aliphatic carbocycles. The molecule has 0 unspecified atom stereocenters. The highest BCUT2D eigenvalue weighted by Crippen LogP contribution is 1.94. The summed E-state index contributed by atoms with van der Waals surface area (Å²) in [6, 6.07) is 1.46. The first-order valence-electron chi connectivity index (χ1n) is 3.61. The lowest BCUT2D eigenvalue weighted by molar-refractivity contribution is -0.137. The Balaban J connectivity index is 2.74. The number of aliphatic carboxylic acids is 1. The minimum Gasteiger partial charge on any atom is -0.480 e. The molecule has 0 saturated carbocycles. The average molecular weight is 183 g/mol. The number of aromatic nitrogens is 2. The molecule has 6 heteroatoms. The van der Waals surface area contributed by atoms with Crippen LogP contribution >= 0.6 is 0 Å². The standard InChI is InChI=1S/C7H9N3O3/c1-8-7(13)5-2-3-10(9-5)4-6(11)12/h2-3H,4H2,1H3,(H,8,13)(H,11,12). The zero-order chi connectivity index (χ0) is 9.84. The van der Waals surface area contributed by atoms with E-state index >= 15 is 0 Å². The average Bonchev–Trinajstić information content (AvgIpc) is 2.50. The predicted molar refractivity (Wildman–Crippen MR) is 43.3 cm³/mol. The molecule has 1 amide bonds. The third-order valence-corrected chi connectivity index (χ3v) is 1.40. The first-order chi connectivity index (χ1) is 6.13. The van der Waals surface area contributed by atoms with Gasteiger partial charge in [-0.25, -0.2) is 0 Å². The number of amides is 1. The van der Waals surface area contributed by atoms with Gasteiger partial charge in [-0.2, -0.15) is 5.10 Å². The van der Waals surface area contributed by atoms with Gasteiger partial charge in [0.05, 0.1) is 0 Å². The van der Waals surface area contributed by atoms with Crippen LogP contribution in [0.4, 0.5) is 0 Å². The summed E-state index contributed by atoms with van der Waals surface area (Å²) in [4.78, 5) is 21.2. The Labute approximate surface area is 74.2 Å². The fraction of sp³-hybridized carbons (Fsp3) is 0.286. The third kappa shape index (κ3) is 2.29. The number of nitrogens with one attached hydrogen (secondary N) is 1. The number of carbonyl (C=O) groups excluding carboxylic acids is 1. The molecule has 0 fully saturated rings. The lowest BCUT2D eigenvalue weighted by Gasteiger charge is -1.94. The van der Waals surface area contributed by atoms with Crippen LogP contribution in [0.3, 0.4) is 0 Å². The lowest BCUT2D eigenvalue weighted by atomic mass is 10.4. The number of carboxylic acid groups (broad SMARTS) is 1. The number of hydrogen-bond donors (Lipinski definition) is 2. The summed E-state index contributed by atoms with van der Waals surface area (Å²) in [6.45, 7) is -0.239. The van der Waals surface area contributed by atoms with Crippen molar-refractivity contribution in [3.05, 3.63) is 18.0 Å². The van der Waals surface area contributed by atoms with Crippen LogP contribution in [0, 0.1) is 0 Å². The van der Waals surface area contributed by atoms with Crippen molar-refractivity contribution in [1.29, 1.82) is 0 Å². The van der Waals surface area contributed by atoms with Crippen molar-refractivity contribution < 1.29 is 14.7 Å². The molecule has 0 radical (unpaired) electrons. The van der Waals surface area contributed by atoms with Gasteiger partial charge in [-0.3, -0.25) is 14.3 Å². The molecule has 0 aliphatic heterocycles. The maximum absolute atomic E-state index is 11.0. The van der Waals surface area contributed by atoms with Gasteiger partial charge in [-0.05, 0) is 6.07 Å². The van der Waals surface area contributed by atoms with Gasteiger partial charge in [0, 0.05) is 13.2 Å².